The summed E-state index contributed by atoms with van der Waals surface area (Å²) in [4.78, 5) is 18.5. The Labute approximate surface area is 153 Å². The van der Waals surface area contributed by atoms with Crippen LogP contribution in [0.25, 0.3) is 0 Å². The monoisotopic (exact) mass is 357 g/mol. The number of amides is 1. The number of halogens is 1. The van der Waals surface area contributed by atoms with E-state index in [1.165, 1.54) is 11.6 Å². The maximum Gasteiger partial charge on any atom is 0.258 e. The second kappa shape index (κ2) is 8.76. The largest absolute Gasteiger partial charge is 0.481 e. The van der Waals surface area contributed by atoms with Gasteiger partial charge >= 0.3 is 0 Å². The first-order valence-corrected chi connectivity index (χ1v) is 8.90. The Kier molecular flexibility index (Phi) is 6.17. The maximum absolute atomic E-state index is 13.6. The minimum absolute atomic E-state index is 0.118. The van der Waals surface area contributed by atoms with Gasteiger partial charge in [-0.25, -0.2) is 4.39 Å². The van der Waals surface area contributed by atoms with Gasteiger partial charge in [0.05, 0.1) is 0 Å². The summed E-state index contributed by atoms with van der Waals surface area (Å²) >= 11 is 0. The van der Waals surface area contributed by atoms with Crippen molar-refractivity contribution in [2.24, 2.45) is 0 Å². The van der Waals surface area contributed by atoms with E-state index in [1.54, 1.807) is 24.5 Å². The normalized spacial score (nSPS) is 15.6. The molecule has 1 fully saturated rings. The van der Waals surface area contributed by atoms with E-state index in [-0.39, 0.29) is 24.3 Å². The molecule has 2 aromatic rings. The van der Waals surface area contributed by atoms with Gasteiger partial charge in [-0.1, -0.05) is 6.07 Å². The van der Waals surface area contributed by atoms with Gasteiger partial charge in [-0.2, -0.15) is 0 Å². The lowest BCUT2D eigenvalue weighted by atomic mass is 10.0. The molecular formula is C20H24FN3O2. The number of carbonyl (C=O) groups is 1. The van der Waals surface area contributed by atoms with Crippen molar-refractivity contribution in [2.75, 3.05) is 19.7 Å². The van der Waals surface area contributed by atoms with Gasteiger partial charge < -0.3 is 10.1 Å². The molecule has 0 atom stereocenters. The number of hydrogen-bond donors (Lipinski definition) is 1. The molecular weight excluding hydrogens is 333 g/mol. The molecule has 5 nitrogen and oxygen atoms in total. The Morgan fingerprint density at radius 1 is 1.27 bits per heavy atom. The molecule has 1 aromatic heterocycles. The quantitative estimate of drug-likeness (QED) is 0.864. The second-order valence-corrected chi connectivity index (χ2v) is 6.70. The third-order valence-corrected chi connectivity index (χ3v) is 4.55. The highest BCUT2D eigenvalue weighted by Crippen LogP contribution is 2.18. The van der Waals surface area contributed by atoms with Crippen molar-refractivity contribution in [1.29, 1.82) is 0 Å². The van der Waals surface area contributed by atoms with Crippen molar-refractivity contribution in [3.63, 3.8) is 0 Å². The molecule has 0 spiro atoms. The van der Waals surface area contributed by atoms with E-state index in [0.717, 1.165) is 38.0 Å². The van der Waals surface area contributed by atoms with E-state index in [2.05, 4.69) is 15.2 Å². The van der Waals surface area contributed by atoms with E-state index in [9.17, 15) is 9.18 Å². The lowest BCUT2D eigenvalue weighted by molar-refractivity contribution is -0.124. The molecule has 1 amide bonds. The van der Waals surface area contributed by atoms with Gasteiger partial charge in [-0.3, -0.25) is 14.7 Å². The number of nitrogens with one attached hydrogen (secondary N) is 1. The Morgan fingerprint density at radius 2 is 2.00 bits per heavy atom. The number of aromatic nitrogens is 1. The predicted molar refractivity (Wildman–Crippen MR) is 97.3 cm³/mol. The SMILES string of the molecule is Cc1ccc(F)c(OCC(=O)NC2CCN(Cc3ccncc3)CC2)c1. The van der Waals surface area contributed by atoms with Crippen molar-refractivity contribution in [3.05, 3.63) is 59.7 Å². The van der Waals surface area contributed by atoms with E-state index in [1.807, 2.05) is 19.1 Å². The van der Waals surface area contributed by atoms with Crippen molar-refractivity contribution in [3.8, 4) is 5.75 Å². The summed E-state index contributed by atoms with van der Waals surface area (Å²) in [5.41, 5.74) is 2.14. The predicted octanol–water partition coefficient (Wildman–Crippen LogP) is 2.69. The molecule has 1 aromatic carbocycles. The third-order valence-electron chi connectivity index (χ3n) is 4.55. The third kappa shape index (κ3) is 5.26. The lowest BCUT2D eigenvalue weighted by Crippen LogP contribution is -2.45. The molecule has 0 aliphatic carbocycles. The van der Waals surface area contributed by atoms with E-state index in [0.29, 0.717) is 0 Å². The van der Waals surface area contributed by atoms with Crippen LogP contribution < -0.4 is 10.1 Å². The summed E-state index contributed by atoms with van der Waals surface area (Å²) in [6.07, 6.45) is 5.41. The molecule has 0 radical (unpaired) electrons. The fourth-order valence-electron chi connectivity index (χ4n) is 3.12. The summed E-state index contributed by atoms with van der Waals surface area (Å²) in [7, 11) is 0. The highest BCUT2D eigenvalue weighted by Gasteiger charge is 2.21. The Bertz CT molecular complexity index is 731. The van der Waals surface area contributed by atoms with Crippen LogP contribution in [0, 0.1) is 12.7 Å². The molecule has 3 rings (SSSR count). The van der Waals surface area contributed by atoms with Gasteiger partial charge in [0, 0.05) is 38.1 Å². The van der Waals surface area contributed by atoms with Crippen LogP contribution in [0.2, 0.25) is 0 Å². The van der Waals surface area contributed by atoms with Crippen molar-refractivity contribution >= 4 is 5.91 Å². The van der Waals surface area contributed by atoms with Crippen molar-refractivity contribution in [2.45, 2.75) is 32.4 Å². The van der Waals surface area contributed by atoms with Crippen molar-refractivity contribution in [1.82, 2.24) is 15.2 Å². The Hall–Kier alpha value is -2.47. The summed E-state index contributed by atoms with van der Waals surface area (Å²) < 4.78 is 19.0. The van der Waals surface area contributed by atoms with E-state index < -0.39 is 5.82 Å². The van der Waals surface area contributed by atoms with E-state index >= 15 is 0 Å². The molecule has 1 saturated heterocycles. The number of ether oxygens (including phenoxy) is 1. The van der Waals surface area contributed by atoms with Gasteiger partial charge in [-0.05, 0) is 55.2 Å². The molecule has 26 heavy (non-hydrogen) atoms. The number of rotatable bonds is 6. The average Bonchev–Trinajstić information content (AvgIpc) is 2.65. The summed E-state index contributed by atoms with van der Waals surface area (Å²) in [5, 5.41) is 2.98. The van der Waals surface area contributed by atoms with Gasteiger partial charge in [-0.15, -0.1) is 0 Å². The van der Waals surface area contributed by atoms with Crippen LogP contribution in [-0.4, -0.2) is 41.5 Å². The first-order valence-electron chi connectivity index (χ1n) is 8.90. The molecule has 0 bridgehead atoms. The minimum atomic E-state index is -0.451. The average molecular weight is 357 g/mol. The summed E-state index contributed by atoms with van der Waals surface area (Å²) in [6, 6.07) is 8.80. The van der Waals surface area contributed by atoms with Crippen LogP contribution in [0.4, 0.5) is 4.39 Å². The van der Waals surface area contributed by atoms with Gasteiger partial charge in [0.2, 0.25) is 0 Å². The molecule has 0 saturated carbocycles. The molecule has 1 aliphatic rings. The number of carbonyl (C=O) groups excluding carboxylic acids is 1. The topological polar surface area (TPSA) is 54.5 Å². The second-order valence-electron chi connectivity index (χ2n) is 6.70. The molecule has 1 aliphatic heterocycles. The van der Waals surface area contributed by atoms with Crippen LogP contribution in [0.3, 0.4) is 0 Å². The van der Waals surface area contributed by atoms with Gasteiger partial charge in [0.25, 0.3) is 5.91 Å². The van der Waals surface area contributed by atoms with Crippen molar-refractivity contribution < 1.29 is 13.9 Å². The number of nitrogens with zero attached hydrogens (tertiary/aromatic N) is 2. The zero-order valence-electron chi connectivity index (χ0n) is 15.0. The minimum Gasteiger partial charge on any atom is -0.481 e. The van der Waals surface area contributed by atoms with Crippen LogP contribution >= 0.6 is 0 Å². The van der Waals surface area contributed by atoms with Crippen LogP contribution in [0.15, 0.2) is 42.7 Å². The fourth-order valence-corrected chi connectivity index (χ4v) is 3.12. The number of aryl methyl sites for hydroxylation is 1. The molecule has 6 heteroatoms. The smallest absolute Gasteiger partial charge is 0.258 e. The standard InChI is InChI=1S/C20H24FN3O2/c1-15-2-3-18(21)19(12-15)26-14-20(25)23-17-6-10-24(11-7-17)13-16-4-8-22-9-5-16/h2-5,8-9,12,17H,6-7,10-11,13-14H2,1H3,(H,23,25). The van der Waals surface area contributed by atoms with Gasteiger partial charge in [0.1, 0.15) is 0 Å². The summed E-state index contributed by atoms with van der Waals surface area (Å²) in [5.74, 6) is -0.543. The van der Waals surface area contributed by atoms with Crippen LogP contribution in [0.5, 0.6) is 5.75 Å². The van der Waals surface area contributed by atoms with E-state index in [4.69, 9.17) is 4.74 Å². The highest BCUT2D eigenvalue weighted by atomic mass is 19.1. The molecule has 0 unspecified atom stereocenters. The maximum atomic E-state index is 13.6. The number of benzene rings is 1. The molecule has 2 heterocycles. The van der Waals surface area contributed by atoms with Crippen LogP contribution in [0.1, 0.15) is 24.0 Å². The lowest BCUT2D eigenvalue weighted by Gasteiger charge is -2.32. The Balaban J connectivity index is 1.40. The number of likely N-dealkylation sites (tertiary alicyclic amines) is 1. The number of hydrogen-bond acceptors (Lipinski definition) is 4. The van der Waals surface area contributed by atoms with Crippen LogP contribution in [-0.2, 0) is 11.3 Å². The zero-order valence-corrected chi connectivity index (χ0v) is 15.0. The summed E-state index contributed by atoms with van der Waals surface area (Å²) in [6.45, 7) is 4.45. The first-order chi connectivity index (χ1) is 12.6. The number of pyridine rings is 1. The molecule has 138 valence electrons. The van der Waals surface area contributed by atoms with Gasteiger partial charge in [0.15, 0.2) is 18.2 Å². The highest BCUT2D eigenvalue weighted by molar-refractivity contribution is 5.77. The molecule has 1 N–H and O–H groups in total. The Morgan fingerprint density at radius 3 is 2.73 bits per heavy atom. The zero-order chi connectivity index (χ0) is 18.4. The fraction of sp³-hybridized carbons (Fsp3) is 0.400. The first kappa shape index (κ1) is 18.3. The number of piperidine rings is 1.